The number of nitrogens with zero attached hydrogens (tertiary/aromatic N) is 3. The summed E-state index contributed by atoms with van der Waals surface area (Å²) in [5, 5.41) is 2.65. The molecule has 1 saturated heterocycles. The van der Waals surface area contributed by atoms with Gasteiger partial charge in [-0.1, -0.05) is 18.2 Å². The van der Waals surface area contributed by atoms with Crippen LogP contribution >= 0.6 is 0 Å². The number of carbonyl (C=O) groups excluding carboxylic acids is 2. The second-order valence-corrected chi connectivity index (χ2v) is 9.26. The Morgan fingerprint density at radius 3 is 2.60 bits per heavy atom. The number of hydrogen-bond acceptors (Lipinski definition) is 6. The third-order valence-corrected chi connectivity index (χ3v) is 6.81. The van der Waals surface area contributed by atoms with E-state index in [1.54, 1.807) is 30.3 Å². The van der Waals surface area contributed by atoms with Gasteiger partial charge in [-0.05, 0) is 37.1 Å². The normalized spacial score (nSPS) is 17.0. The van der Waals surface area contributed by atoms with Crippen LogP contribution in [0.3, 0.4) is 0 Å². The molecule has 1 aromatic carbocycles. The molecule has 1 fully saturated rings. The van der Waals surface area contributed by atoms with Crippen LogP contribution in [0.5, 0.6) is 0 Å². The molecule has 2 amide bonds. The van der Waals surface area contributed by atoms with E-state index in [2.05, 4.69) is 10.3 Å². The summed E-state index contributed by atoms with van der Waals surface area (Å²) < 4.78 is 26.0. The number of carbonyl (C=O) groups is 2. The Bertz CT molecular complexity index is 996. The van der Waals surface area contributed by atoms with Gasteiger partial charge in [-0.25, -0.2) is 13.4 Å². The highest BCUT2D eigenvalue weighted by Crippen LogP contribution is 2.22. The van der Waals surface area contributed by atoms with Gasteiger partial charge in [-0.2, -0.15) is 4.31 Å². The number of hydrogen-bond donors (Lipinski definition) is 2. The Labute approximate surface area is 175 Å². The van der Waals surface area contributed by atoms with Crippen molar-refractivity contribution in [3.63, 3.8) is 0 Å². The van der Waals surface area contributed by atoms with Crippen LogP contribution in [-0.2, 0) is 19.6 Å². The van der Waals surface area contributed by atoms with Crippen molar-refractivity contribution in [2.45, 2.75) is 17.7 Å². The van der Waals surface area contributed by atoms with E-state index in [-0.39, 0.29) is 23.3 Å². The van der Waals surface area contributed by atoms with Crippen LogP contribution in [0.25, 0.3) is 0 Å². The Morgan fingerprint density at radius 2 is 1.97 bits per heavy atom. The smallest absolute Gasteiger partial charge is 0.243 e. The number of sulfonamides is 1. The third-order valence-electron chi connectivity index (χ3n) is 5.00. The molecular formula is C20H25N5O4S. The fourth-order valence-electron chi connectivity index (χ4n) is 3.32. The molecule has 0 spiro atoms. The van der Waals surface area contributed by atoms with Crippen LogP contribution in [0.4, 0.5) is 11.5 Å². The highest BCUT2D eigenvalue weighted by molar-refractivity contribution is 7.89. The molecule has 1 aliphatic rings. The first-order chi connectivity index (χ1) is 14.3. The fraction of sp³-hybridized carbons (Fsp3) is 0.350. The summed E-state index contributed by atoms with van der Waals surface area (Å²) in [6.45, 7) is 0.978. The molecule has 9 nitrogen and oxygen atoms in total. The lowest BCUT2D eigenvalue weighted by Gasteiger charge is -2.32. The van der Waals surface area contributed by atoms with Gasteiger partial charge in [0.25, 0.3) is 0 Å². The fourth-order valence-corrected chi connectivity index (χ4v) is 4.47. The van der Waals surface area contributed by atoms with Gasteiger partial charge in [0.1, 0.15) is 5.82 Å². The number of amides is 2. The van der Waals surface area contributed by atoms with E-state index in [9.17, 15) is 18.0 Å². The highest BCUT2D eigenvalue weighted by atomic mass is 32.2. The maximum atomic E-state index is 12.5. The van der Waals surface area contributed by atoms with Crippen molar-refractivity contribution in [2.75, 3.05) is 36.9 Å². The molecular weight excluding hydrogens is 406 g/mol. The molecule has 2 aromatic rings. The lowest BCUT2D eigenvalue weighted by Crippen LogP contribution is -2.41. The Kier molecular flexibility index (Phi) is 6.68. The van der Waals surface area contributed by atoms with Crippen LogP contribution in [0.15, 0.2) is 53.6 Å². The minimum Gasteiger partial charge on any atom is -0.369 e. The second-order valence-electron chi connectivity index (χ2n) is 7.21. The second kappa shape index (κ2) is 9.23. The van der Waals surface area contributed by atoms with Crippen molar-refractivity contribution in [3.05, 3.63) is 48.7 Å². The van der Waals surface area contributed by atoms with E-state index in [0.717, 1.165) is 23.7 Å². The summed E-state index contributed by atoms with van der Waals surface area (Å²) in [7, 11) is -2.39. The van der Waals surface area contributed by atoms with Crippen LogP contribution in [0, 0.1) is 5.92 Å². The number of piperidine rings is 1. The summed E-state index contributed by atoms with van der Waals surface area (Å²) in [5.41, 5.74) is 5.87. The van der Waals surface area contributed by atoms with E-state index in [4.69, 9.17) is 5.73 Å². The van der Waals surface area contributed by atoms with Crippen molar-refractivity contribution in [2.24, 2.45) is 11.7 Å². The van der Waals surface area contributed by atoms with Crippen molar-refractivity contribution < 1.29 is 18.0 Å². The lowest BCUT2D eigenvalue weighted by atomic mass is 9.97. The van der Waals surface area contributed by atoms with E-state index >= 15 is 0 Å². The van der Waals surface area contributed by atoms with Gasteiger partial charge in [0, 0.05) is 20.1 Å². The van der Waals surface area contributed by atoms with Gasteiger partial charge in [0.05, 0.1) is 29.2 Å². The molecule has 1 aromatic heterocycles. The van der Waals surface area contributed by atoms with E-state index < -0.39 is 15.9 Å². The van der Waals surface area contributed by atoms with E-state index in [1.807, 2.05) is 4.90 Å². The zero-order chi connectivity index (χ0) is 21.7. The standard InChI is InChI=1S/C20H25N5O4S/c1-24(30(28,29)17-7-3-2-4-8-17)14-19(26)23-16-9-10-18(22-12-16)25-11-5-6-15(13-25)20(21)27/h2-4,7-10,12,15H,5-6,11,13-14H2,1H3,(H2,21,27)(H,23,26). The monoisotopic (exact) mass is 431 g/mol. The summed E-state index contributed by atoms with van der Waals surface area (Å²) in [6, 6.07) is 11.4. The lowest BCUT2D eigenvalue weighted by molar-refractivity contribution is -0.122. The minimum absolute atomic E-state index is 0.127. The summed E-state index contributed by atoms with van der Waals surface area (Å²) in [6.07, 6.45) is 3.14. The molecule has 3 N–H and O–H groups in total. The first kappa shape index (κ1) is 21.7. The van der Waals surface area contributed by atoms with Crippen molar-refractivity contribution in [1.82, 2.24) is 9.29 Å². The Balaban J connectivity index is 1.59. The maximum Gasteiger partial charge on any atom is 0.243 e. The molecule has 3 rings (SSSR count). The number of nitrogens with one attached hydrogen (secondary N) is 1. The number of primary amides is 1. The minimum atomic E-state index is -3.75. The maximum absolute atomic E-state index is 12.5. The average molecular weight is 432 g/mol. The summed E-state index contributed by atoms with van der Waals surface area (Å²) >= 11 is 0. The molecule has 160 valence electrons. The molecule has 1 atom stereocenters. The number of rotatable bonds is 7. The topological polar surface area (TPSA) is 126 Å². The molecule has 0 aliphatic carbocycles. The van der Waals surface area contributed by atoms with Crippen LogP contribution < -0.4 is 16.0 Å². The summed E-state index contributed by atoms with van der Waals surface area (Å²) in [4.78, 5) is 30.2. The van der Waals surface area contributed by atoms with Crippen LogP contribution in [0.1, 0.15) is 12.8 Å². The Morgan fingerprint density at radius 1 is 1.23 bits per heavy atom. The van der Waals surface area contributed by atoms with Gasteiger partial charge in [-0.3, -0.25) is 9.59 Å². The number of pyridine rings is 1. The quantitative estimate of drug-likeness (QED) is 0.675. The molecule has 1 unspecified atom stereocenters. The molecule has 0 radical (unpaired) electrons. The predicted octanol–water partition coefficient (Wildman–Crippen LogP) is 1.04. The van der Waals surface area contributed by atoms with Crippen molar-refractivity contribution in [3.8, 4) is 0 Å². The SMILES string of the molecule is CN(CC(=O)Nc1ccc(N2CCCC(C(N)=O)C2)nc1)S(=O)(=O)c1ccccc1. The number of aromatic nitrogens is 1. The van der Waals surface area contributed by atoms with E-state index in [1.165, 1.54) is 25.4 Å². The van der Waals surface area contributed by atoms with Gasteiger partial charge in [-0.15, -0.1) is 0 Å². The van der Waals surface area contributed by atoms with Gasteiger partial charge < -0.3 is 16.0 Å². The number of anilines is 2. The number of likely N-dealkylation sites (N-methyl/N-ethyl adjacent to an activating group) is 1. The molecule has 0 bridgehead atoms. The number of benzene rings is 1. The molecule has 2 heterocycles. The molecule has 1 aliphatic heterocycles. The zero-order valence-electron chi connectivity index (χ0n) is 16.7. The van der Waals surface area contributed by atoms with Crippen LogP contribution in [0.2, 0.25) is 0 Å². The van der Waals surface area contributed by atoms with Gasteiger partial charge >= 0.3 is 0 Å². The average Bonchev–Trinajstić information content (AvgIpc) is 2.75. The van der Waals surface area contributed by atoms with Crippen LogP contribution in [-0.4, -0.2) is 56.2 Å². The Hall–Kier alpha value is -2.98. The molecule has 0 saturated carbocycles. The first-order valence-corrected chi connectivity index (χ1v) is 11.0. The van der Waals surface area contributed by atoms with Gasteiger partial charge in [0.2, 0.25) is 21.8 Å². The summed E-state index contributed by atoms with van der Waals surface area (Å²) in [5.74, 6) is -0.277. The predicted molar refractivity (Wildman–Crippen MR) is 113 cm³/mol. The van der Waals surface area contributed by atoms with Gasteiger partial charge in [0.15, 0.2) is 0 Å². The molecule has 10 heteroatoms. The van der Waals surface area contributed by atoms with Crippen molar-refractivity contribution in [1.29, 1.82) is 0 Å². The molecule has 30 heavy (non-hydrogen) atoms. The first-order valence-electron chi connectivity index (χ1n) is 9.59. The number of nitrogens with two attached hydrogens (primary N) is 1. The van der Waals surface area contributed by atoms with E-state index in [0.29, 0.717) is 18.1 Å². The largest absolute Gasteiger partial charge is 0.369 e. The van der Waals surface area contributed by atoms with Crippen molar-refractivity contribution >= 4 is 33.3 Å². The zero-order valence-corrected chi connectivity index (χ0v) is 17.5. The highest BCUT2D eigenvalue weighted by Gasteiger charge is 2.25. The third kappa shape index (κ3) is 5.14.